The van der Waals surface area contributed by atoms with E-state index in [1.807, 2.05) is 0 Å². The molecular weight excluding hydrogens is 216 g/mol. The summed E-state index contributed by atoms with van der Waals surface area (Å²) in [6.07, 6.45) is 1.17. The molecule has 0 bridgehead atoms. The van der Waals surface area contributed by atoms with Crippen LogP contribution in [0.3, 0.4) is 0 Å². The average molecular weight is 225 g/mol. The Labute approximate surface area is 92.0 Å². The van der Waals surface area contributed by atoms with E-state index in [0.717, 1.165) is 0 Å². The van der Waals surface area contributed by atoms with Crippen molar-refractivity contribution in [3.05, 3.63) is 34.9 Å². The van der Waals surface area contributed by atoms with E-state index in [2.05, 4.69) is 0 Å². The van der Waals surface area contributed by atoms with Crippen molar-refractivity contribution in [2.24, 2.45) is 0 Å². The van der Waals surface area contributed by atoms with E-state index in [1.54, 1.807) is 6.07 Å². The maximum Gasteiger partial charge on any atom is 0.152 e. The fourth-order valence-electron chi connectivity index (χ4n) is 1.30. The molecule has 1 atom stereocenters. The first kappa shape index (κ1) is 11.6. The summed E-state index contributed by atoms with van der Waals surface area (Å²) in [6.45, 7) is 1.31. The Bertz CT molecular complexity index is 386. The Kier molecular flexibility index (Phi) is 3.74. The fourth-order valence-corrected chi connectivity index (χ4v) is 1.56. The molecule has 0 aromatic heterocycles. The van der Waals surface area contributed by atoms with Crippen molar-refractivity contribution in [3.63, 3.8) is 0 Å². The van der Waals surface area contributed by atoms with E-state index in [0.29, 0.717) is 12.6 Å². The van der Waals surface area contributed by atoms with Gasteiger partial charge in [-0.2, -0.15) is 0 Å². The number of rotatable bonds is 4. The Morgan fingerprint density at radius 2 is 1.73 bits per heavy atom. The van der Waals surface area contributed by atoms with Gasteiger partial charge < -0.3 is 0 Å². The second-order valence-corrected chi connectivity index (χ2v) is 3.50. The van der Waals surface area contributed by atoms with Crippen molar-refractivity contribution in [3.8, 4) is 0 Å². The van der Waals surface area contributed by atoms with Gasteiger partial charge in [-0.05, 0) is 12.5 Å². The van der Waals surface area contributed by atoms with Gasteiger partial charge in [-0.3, -0.25) is 14.4 Å². The first-order valence-corrected chi connectivity index (χ1v) is 4.73. The third kappa shape index (κ3) is 2.30. The van der Waals surface area contributed by atoms with Crippen LogP contribution < -0.4 is 0 Å². The molecule has 78 valence electrons. The number of Topliss-reactive ketones (excluding diaryl/α,β-unsaturated/α-hetero) is 1. The van der Waals surface area contributed by atoms with Crippen LogP contribution in [0.15, 0.2) is 18.2 Å². The molecule has 0 heterocycles. The van der Waals surface area contributed by atoms with Crippen LogP contribution >= 0.6 is 11.6 Å². The van der Waals surface area contributed by atoms with Crippen LogP contribution in [0.4, 0.5) is 0 Å². The standard InChI is InChI=1S/C11H9ClO3/c1-7(15)11(12)10-8(5-13)3-2-4-9(10)6-14/h2-6,11H,1H3. The van der Waals surface area contributed by atoms with Crippen molar-refractivity contribution < 1.29 is 14.4 Å². The zero-order valence-electron chi connectivity index (χ0n) is 8.07. The summed E-state index contributed by atoms with van der Waals surface area (Å²) >= 11 is 5.84. The van der Waals surface area contributed by atoms with Crippen molar-refractivity contribution in [1.82, 2.24) is 0 Å². The smallest absolute Gasteiger partial charge is 0.152 e. The molecule has 1 rings (SSSR count). The number of halogens is 1. The molecule has 15 heavy (non-hydrogen) atoms. The lowest BCUT2D eigenvalue weighted by molar-refractivity contribution is -0.116. The van der Waals surface area contributed by atoms with Crippen LogP contribution in [0.2, 0.25) is 0 Å². The second kappa shape index (κ2) is 4.84. The summed E-state index contributed by atoms with van der Waals surface area (Å²) in [5, 5.41) is -0.952. The Hall–Kier alpha value is -1.48. The molecule has 0 radical (unpaired) electrons. The van der Waals surface area contributed by atoms with Crippen molar-refractivity contribution in [2.45, 2.75) is 12.3 Å². The van der Waals surface area contributed by atoms with Crippen LogP contribution in [0.25, 0.3) is 0 Å². The zero-order valence-corrected chi connectivity index (χ0v) is 8.82. The SMILES string of the molecule is CC(=O)C(Cl)c1c(C=O)cccc1C=O. The topological polar surface area (TPSA) is 51.2 Å². The largest absolute Gasteiger partial charge is 0.298 e. The quantitative estimate of drug-likeness (QED) is 0.582. The van der Waals surface area contributed by atoms with Crippen molar-refractivity contribution in [1.29, 1.82) is 0 Å². The van der Waals surface area contributed by atoms with Gasteiger partial charge in [0.15, 0.2) is 5.78 Å². The average Bonchev–Trinajstić information content (AvgIpc) is 2.26. The molecular formula is C11H9ClO3. The number of alkyl halides is 1. The van der Waals surface area contributed by atoms with E-state index in [9.17, 15) is 14.4 Å². The van der Waals surface area contributed by atoms with E-state index in [1.165, 1.54) is 19.1 Å². The molecule has 4 heteroatoms. The van der Waals surface area contributed by atoms with Gasteiger partial charge in [0.2, 0.25) is 0 Å². The summed E-state index contributed by atoms with van der Waals surface area (Å²) in [7, 11) is 0. The Morgan fingerprint density at radius 3 is 2.07 bits per heavy atom. The highest BCUT2D eigenvalue weighted by Crippen LogP contribution is 2.27. The lowest BCUT2D eigenvalue weighted by atomic mass is 9.97. The minimum Gasteiger partial charge on any atom is -0.298 e. The van der Waals surface area contributed by atoms with Crippen molar-refractivity contribution in [2.75, 3.05) is 0 Å². The molecule has 0 amide bonds. The normalized spacial score (nSPS) is 11.9. The number of hydrogen-bond acceptors (Lipinski definition) is 3. The molecule has 0 spiro atoms. The van der Waals surface area contributed by atoms with Gasteiger partial charge in [0.25, 0.3) is 0 Å². The lowest BCUT2D eigenvalue weighted by Gasteiger charge is -2.11. The van der Waals surface area contributed by atoms with Crippen LogP contribution in [-0.2, 0) is 4.79 Å². The Morgan fingerprint density at radius 1 is 1.27 bits per heavy atom. The molecule has 0 aliphatic carbocycles. The summed E-state index contributed by atoms with van der Waals surface area (Å²) in [6, 6.07) is 4.61. The first-order chi connectivity index (χ1) is 7.11. The molecule has 1 aromatic carbocycles. The number of aldehydes is 2. The number of ketones is 1. The van der Waals surface area contributed by atoms with Gasteiger partial charge in [0.05, 0.1) is 0 Å². The molecule has 3 nitrogen and oxygen atoms in total. The van der Waals surface area contributed by atoms with Crippen molar-refractivity contribution >= 4 is 30.0 Å². The second-order valence-electron chi connectivity index (χ2n) is 3.06. The maximum atomic E-state index is 11.1. The van der Waals surface area contributed by atoms with Crippen LogP contribution in [0.1, 0.15) is 38.6 Å². The summed E-state index contributed by atoms with van der Waals surface area (Å²) in [5.74, 6) is -0.297. The number of hydrogen-bond donors (Lipinski definition) is 0. The van der Waals surface area contributed by atoms with Crippen LogP contribution in [0, 0.1) is 0 Å². The minimum absolute atomic E-state index is 0.273. The van der Waals surface area contributed by atoms with E-state index in [-0.39, 0.29) is 22.5 Å². The predicted octanol–water partition coefficient (Wildman–Crippen LogP) is 2.18. The van der Waals surface area contributed by atoms with Gasteiger partial charge in [0.1, 0.15) is 17.9 Å². The minimum atomic E-state index is -0.952. The summed E-state index contributed by atoms with van der Waals surface area (Å²) in [5.41, 5.74) is 0.835. The molecule has 1 aromatic rings. The third-order valence-corrected chi connectivity index (χ3v) is 2.56. The Balaban J connectivity index is 3.40. The fraction of sp³-hybridized carbons (Fsp3) is 0.182. The highest BCUT2D eigenvalue weighted by atomic mass is 35.5. The van der Waals surface area contributed by atoms with E-state index >= 15 is 0 Å². The van der Waals surface area contributed by atoms with Gasteiger partial charge in [0, 0.05) is 11.1 Å². The lowest BCUT2D eigenvalue weighted by Crippen LogP contribution is -2.08. The molecule has 0 aliphatic rings. The maximum absolute atomic E-state index is 11.1. The molecule has 0 saturated carbocycles. The molecule has 0 fully saturated rings. The van der Waals surface area contributed by atoms with E-state index < -0.39 is 5.38 Å². The first-order valence-electron chi connectivity index (χ1n) is 4.29. The van der Waals surface area contributed by atoms with E-state index in [4.69, 9.17) is 11.6 Å². The number of carbonyl (C=O) groups is 3. The summed E-state index contributed by atoms with van der Waals surface area (Å²) in [4.78, 5) is 32.6. The van der Waals surface area contributed by atoms with Crippen LogP contribution in [-0.4, -0.2) is 18.4 Å². The third-order valence-electron chi connectivity index (χ3n) is 2.04. The molecule has 0 N–H and O–H groups in total. The summed E-state index contributed by atoms with van der Waals surface area (Å²) < 4.78 is 0. The number of benzene rings is 1. The molecule has 0 aliphatic heterocycles. The monoisotopic (exact) mass is 224 g/mol. The van der Waals surface area contributed by atoms with Gasteiger partial charge >= 0.3 is 0 Å². The van der Waals surface area contributed by atoms with Gasteiger partial charge in [-0.25, -0.2) is 0 Å². The highest BCUT2D eigenvalue weighted by Gasteiger charge is 2.20. The van der Waals surface area contributed by atoms with Crippen LogP contribution in [0.5, 0.6) is 0 Å². The molecule has 1 unspecified atom stereocenters. The van der Waals surface area contributed by atoms with Gasteiger partial charge in [-0.1, -0.05) is 18.2 Å². The highest BCUT2D eigenvalue weighted by molar-refractivity contribution is 6.31. The predicted molar refractivity (Wildman–Crippen MR) is 56.5 cm³/mol. The molecule has 0 saturated heterocycles. The zero-order chi connectivity index (χ0) is 11.4. The van der Waals surface area contributed by atoms with Gasteiger partial charge in [-0.15, -0.1) is 11.6 Å². The number of carbonyl (C=O) groups excluding carboxylic acids is 3.